The van der Waals surface area contributed by atoms with Crippen LogP contribution in [0.1, 0.15) is 6.92 Å². The minimum absolute atomic E-state index is 0.154. The molecule has 160 valence electrons. The second kappa shape index (κ2) is 10.4. The summed E-state index contributed by atoms with van der Waals surface area (Å²) in [5.41, 5.74) is 5.76. The number of nitrogens with two attached hydrogens (primary N) is 1. The summed E-state index contributed by atoms with van der Waals surface area (Å²) in [5, 5.41) is 21.4. The van der Waals surface area contributed by atoms with Crippen LogP contribution in [0.5, 0.6) is 0 Å². The van der Waals surface area contributed by atoms with Gasteiger partial charge in [0.25, 0.3) is 0 Å². The summed E-state index contributed by atoms with van der Waals surface area (Å²) in [4.78, 5) is 0. The molecule has 0 aliphatic carbocycles. The van der Waals surface area contributed by atoms with Crippen molar-refractivity contribution in [2.24, 2.45) is 11.7 Å². The molecule has 2 fully saturated rings. The highest BCUT2D eigenvalue weighted by Crippen LogP contribution is 2.32. The van der Waals surface area contributed by atoms with Gasteiger partial charge in [0.2, 0.25) is 0 Å². The molecule has 4 unspecified atom stereocenters. The van der Waals surface area contributed by atoms with E-state index in [0.29, 0.717) is 0 Å². The highest BCUT2D eigenvalue weighted by Gasteiger charge is 2.51. The van der Waals surface area contributed by atoms with Gasteiger partial charge < -0.3 is 49.1 Å². The van der Waals surface area contributed by atoms with E-state index in [1.54, 1.807) is 0 Å². The Kier molecular flexibility index (Phi) is 8.81. The standard InChI is InChI=1S/C17H33NO9/c1-8-9(6-18)25-17(14(22-3)11(8)19)27-13-10(7-21-2)26-16(24-5)15(23-4)12(13)20/h8-17,19-20H,6-7,18H2,1-5H3/t8-,9?,10?,11-,12-,13-,14?,15?,16+,17-/m0/s1. The van der Waals surface area contributed by atoms with Gasteiger partial charge in [0.1, 0.15) is 30.5 Å². The molecular weight excluding hydrogens is 362 g/mol. The second-order valence-corrected chi connectivity index (χ2v) is 6.85. The van der Waals surface area contributed by atoms with E-state index in [1.165, 1.54) is 28.4 Å². The molecule has 10 nitrogen and oxygen atoms in total. The van der Waals surface area contributed by atoms with Crippen LogP contribution in [-0.4, -0.2) is 107 Å². The van der Waals surface area contributed by atoms with Crippen molar-refractivity contribution in [2.75, 3.05) is 41.6 Å². The fourth-order valence-corrected chi connectivity index (χ4v) is 3.64. The Bertz CT molecular complexity index is 441. The Morgan fingerprint density at radius 1 is 0.815 bits per heavy atom. The number of aliphatic hydroxyl groups excluding tert-OH is 2. The van der Waals surface area contributed by atoms with E-state index >= 15 is 0 Å². The summed E-state index contributed by atoms with van der Waals surface area (Å²) < 4.78 is 38.9. The number of hydrogen-bond donors (Lipinski definition) is 3. The Morgan fingerprint density at radius 3 is 1.93 bits per heavy atom. The quantitative estimate of drug-likeness (QED) is 0.444. The monoisotopic (exact) mass is 395 g/mol. The lowest BCUT2D eigenvalue weighted by molar-refractivity contribution is -0.355. The summed E-state index contributed by atoms with van der Waals surface area (Å²) in [6.45, 7) is 2.20. The molecule has 10 heteroatoms. The van der Waals surface area contributed by atoms with Crippen molar-refractivity contribution in [3.05, 3.63) is 0 Å². The summed E-state index contributed by atoms with van der Waals surface area (Å²) in [6.07, 6.45) is -7.09. The zero-order valence-electron chi connectivity index (χ0n) is 16.5. The predicted molar refractivity (Wildman–Crippen MR) is 92.9 cm³/mol. The lowest BCUT2D eigenvalue weighted by Crippen LogP contribution is -2.64. The van der Waals surface area contributed by atoms with Crippen molar-refractivity contribution >= 4 is 0 Å². The third-order valence-electron chi connectivity index (χ3n) is 5.29. The average molecular weight is 395 g/mol. The first-order chi connectivity index (χ1) is 12.9. The van der Waals surface area contributed by atoms with Gasteiger partial charge in [-0.25, -0.2) is 0 Å². The average Bonchev–Trinajstić information content (AvgIpc) is 2.67. The van der Waals surface area contributed by atoms with Crippen molar-refractivity contribution in [3.63, 3.8) is 0 Å². The molecule has 2 aliphatic rings. The molecule has 4 N–H and O–H groups in total. The van der Waals surface area contributed by atoms with Crippen LogP contribution in [0.25, 0.3) is 0 Å². The van der Waals surface area contributed by atoms with Gasteiger partial charge in [-0.05, 0) is 0 Å². The fourth-order valence-electron chi connectivity index (χ4n) is 3.64. The van der Waals surface area contributed by atoms with Gasteiger partial charge in [0.05, 0.1) is 18.8 Å². The molecule has 0 aromatic heterocycles. The summed E-state index contributed by atoms with van der Waals surface area (Å²) in [6, 6.07) is 0. The molecule has 0 amide bonds. The summed E-state index contributed by atoms with van der Waals surface area (Å²) in [5.74, 6) is -0.230. The summed E-state index contributed by atoms with van der Waals surface area (Å²) >= 11 is 0. The van der Waals surface area contributed by atoms with Gasteiger partial charge in [0.15, 0.2) is 12.6 Å². The van der Waals surface area contributed by atoms with E-state index in [9.17, 15) is 10.2 Å². The molecule has 10 atom stereocenters. The number of methoxy groups -OCH3 is 4. The zero-order valence-corrected chi connectivity index (χ0v) is 16.5. The van der Waals surface area contributed by atoms with Crippen LogP contribution in [0.2, 0.25) is 0 Å². The molecule has 0 spiro atoms. The highest BCUT2D eigenvalue weighted by molar-refractivity contribution is 4.94. The van der Waals surface area contributed by atoms with E-state index in [4.69, 9.17) is 38.9 Å². The second-order valence-electron chi connectivity index (χ2n) is 6.85. The van der Waals surface area contributed by atoms with Crippen molar-refractivity contribution in [1.82, 2.24) is 0 Å². The topological polar surface area (TPSA) is 131 Å². The number of aliphatic hydroxyl groups is 2. The first-order valence-electron chi connectivity index (χ1n) is 9.03. The van der Waals surface area contributed by atoms with Crippen LogP contribution in [0.3, 0.4) is 0 Å². The molecule has 0 bridgehead atoms. The van der Waals surface area contributed by atoms with Gasteiger partial charge in [-0.15, -0.1) is 0 Å². The Balaban J connectivity index is 2.21. The first kappa shape index (κ1) is 22.9. The van der Waals surface area contributed by atoms with E-state index in [1.807, 2.05) is 6.92 Å². The van der Waals surface area contributed by atoms with Crippen LogP contribution >= 0.6 is 0 Å². The van der Waals surface area contributed by atoms with Crippen molar-refractivity contribution < 1.29 is 43.4 Å². The van der Waals surface area contributed by atoms with Gasteiger partial charge in [0, 0.05) is 40.9 Å². The van der Waals surface area contributed by atoms with Crippen molar-refractivity contribution in [1.29, 1.82) is 0 Å². The van der Waals surface area contributed by atoms with E-state index in [0.717, 1.165) is 0 Å². The van der Waals surface area contributed by atoms with Gasteiger partial charge in [-0.2, -0.15) is 0 Å². The van der Waals surface area contributed by atoms with Gasteiger partial charge in [-0.1, -0.05) is 6.92 Å². The number of rotatable bonds is 8. The Labute approximate surface area is 159 Å². The summed E-state index contributed by atoms with van der Waals surface area (Å²) in [7, 11) is 5.88. The maximum Gasteiger partial charge on any atom is 0.187 e. The van der Waals surface area contributed by atoms with Gasteiger partial charge >= 0.3 is 0 Å². The number of ether oxygens (including phenoxy) is 7. The van der Waals surface area contributed by atoms with E-state index in [-0.39, 0.29) is 19.1 Å². The smallest absolute Gasteiger partial charge is 0.187 e. The molecule has 2 aliphatic heterocycles. The molecule has 0 saturated carbocycles. The lowest BCUT2D eigenvalue weighted by atomic mass is 9.90. The molecule has 0 radical (unpaired) electrons. The third kappa shape index (κ3) is 4.78. The van der Waals surface area contributed by atoms with Gasteiger partial charge in [-0.3, -0.25) is 0 Å². The molecule has 27 heavy (non-hydrogen) atoms. The molecule has 2 saturated heterocycles. The maximum absolute atomic E-state index is 10.8. The molecule has 2 rings (SSSR count). The molecular formula is C17H33NO9. The largest absolute Gasteiger partial charge is 0.390 e. The number of hydrogen-bond acceptors (Lipinski definition) is 10. The fraction of sp³-hybridized carbons (Fsp3) is 1.00. The minimum Gasteiger partial charge on any atom is -0.390 e. The SMILES string of the molecule is COCC1O[C@@H](OC)C(OC)[C@@H](O)[C@H]1O[C@@H]1OC(CN)[C@H](C)[C@H](O)C1OC. The Hall–Kier alpha value is -0.400. The van der Waals surface area contributed by atoms with Crippen LogP contribution in [0.15, 0.2) is 0 Å². The van der Waals surface area contributed by atoms with Crippen molar-refractivity contribution in [3.8, 4) is 0 Å². The highest BCUT2D eigenvalue weighted by atomic mass is 16.7. The van der Waals surface area contributed by atoms with Crippen LogP contribution in [0, 0.1) is 5.92 Å². The zero-order chi connectivity index (χ0) is 20.1. The van der Waals surface area contributed by atoms with Crippen LogP contribution in [-0.2, 0) is 33.2 Å². The maximum atomic E-state index is 10.8. The third-order valence-corrected chi connectivity index (χ3v) is 5.29. The minimum atomic E-state index is -1.08. The van der Waals surface area contributed by atoms with Crippen molar-refractivity contribution in [2.45, 2.75) is 62.2 Å². The molecule has 0 aromatic carbocycles. The predicted octanol–water partition coefficient (Wildman–Crippen LogP) is -1.54. The first-order valence-corrected chi connectivity index (χ1v) is 9.03. The molecule has 2 heterocycles. The van der Waals surface area contributed by atoms with E-state index in [2.05, 4.69) is 0 Å². The van der Waals surface area contributed by atoms with Crippen LogP contribution in [0.4, 0.5) is 0 Å². The molecule has 0 aromatic rings. The lowest BCUT2D eigenvalue weighted by Gasteiger charge is -2.47. The van der Waals surface area contributed by atoms with E-state index < -0.39 is 55.3 Å². The normalized spacial score (nSPS) is 45.8. The Morgan fingerprint density at radius 2 is 1.41 bits per heavy atom. The van der Waals surface area contributed by atoms with Crippen LogP contribution < -0.4 is 5.73 Å².